The highest BCUT2D eigenvalue weighted by Gasteiger charge is 2.42. The van der Waals surface area contributed by atoms with Gasteiger partial charge in [-0.15, -0.1) is 11.3 Å². The van der Waals surface area contributed by atoms with Gasteiger partial charge in [-0.05, 0) is 99.5 Å². The molecule has 0 aliphatic heterocycles. The summed E-state index contributed by atoms with van der Waals surface area (Å²) in [6.07, 6.45) is 35.2. The van der Waals surface area contributed by atoms with Crippen molar-refractivity contribution in [1.29, 1.82) is 0 Å². The van der Waals surface area contributed by atoms with E-state index in [0.29, 0.717) is 29.7 Å². The molecule has 1 N–H and O–H groups in total. The number of aromatic nitrogens is 1. The zero-order chi connectivity index (χ0) is 22.7. The number of hydrogen-bond acceptors (Lipinski definition) is 3. The molecule has 1 aromatic heterocycles. The van der Waals surface area contributed by atoms with Crippen molar-refractivity contribution in [2.75, 3.05) is 6.54 Å². The molecular formula is C31H38N2S. The Morgan fingerprint density at radius 3 is 2.85 bits per heavy atom. The van der Waals surface area contributed by atoms with Crippen molar-refractivity contribution in [2.45, 2.75) is 63.8 Å². The summed E-state index contributed by atoms with van der Waals surface area (Å²) in [6, 6.07) is 0.417. The molecule has 0 saturated heterocycles. The lowest BCUT2D eigenvalue weighted by atomic mass is 9.63. The van der Waals surface area contributed by atoms with Gasteiger partial charge in [0.2, 0.25) is 0 Å². The van der Waals surface area contributed by atoms with Crippen molar-refractivity contribution in [3.05, 3.63) is 88.0 Å². The Balaban J connectivity index is 1.22. The maximum Gasteiger partial charge on any atom is 0.0794 e. The molecule has 1 saturated carbocycles. The third-order valence-corrected chi connectivity index (χ3v) is 9.62. The molecule has 2 nitrogen and oxygen atoms in total. The van der Waals surface area contributed by atoms with E-state index in [9.17, 15) is 0 Å². The molecule has 5 atom stereocenters. The van der Waals surface area contributed by atoms with Crippen molar-refractivity contribution >= 4 is 11.3 Å². The molecule has 6 rings (SSSR count). The van der Waals surface area contributed by atoms with Gasteiger partial charge in [0.05, 0.1) is 5.51 Å². The molecule has 0 bridgehead atoms. The van der Waals surface area contributed by atoms with Crippen LogP contribution in [-0.2, 0) is 0 Å². The predicted octanol–water partition coefficient (Wildman–Crippen LogP) is 7.88. The molecule has 0 amide bonds. The zero-order valence-corrected chi connectivity index (χ0v) is 21.1. The minimum absolute atomic E-state index is 0.417. The van der Waals surface area contributed by atoms with Gasteiger partial charge in [0.1, 0.15) is 0 Å². The SMILES string of the molecule is C1=CCCC(CCNC(c2cncs2)C2CC=C(C3CC3)C(C3C=CC=C4C=CCCC43)C2)=C1. The lowest BCUT2D eigenvalue weighted by molar-refractivity contribution is 0.224. The topological polar surface area (TPSA) is 24.9 Å². The van der Waals surface area contributed by atoms with Gasteiger partial charge >= 0.3 is 0 Å². The highest BCUT2D eigenvalue weighted by Crippen LogP contribution is 2.53. The number of nitrogens with zero attached hydrogens (tertiary/aromatic N) is 1. The fourth-order valence-electron chi connectivity index (χ4n) is 6.89. The summed E-state index contributed by atoms with van der Waals surface area (Å²) in [7, 11) is 0. The zero-order valence-electron chi connectivity index (χ0n) is 20.2. The van der Waals surface area contributed by atoms with E-state index >= 15 is 0 Å². The van der Waals surface area contributed by atoms with Crippen molar-refractivity contribution < 1.29 is 0 Å². The maximum absolute atomic E-state index is 4.47. The average molecular weight is 471 g/mol. The van der Waals surface area contributed by atoms with Crippen LogP contribution >= 0.6 is 11.3 Å². The smallest absolute Gasteiger partial charge is 0.0794 e. The number of thiazole rings is 1. The van der Waals surface area contributed by atoms with E-state index in [4.69, 9.17) is 0 Å². The highest BCUT2D eigenvalue weighted by atomic mass is 32.1. The summed E-state index contributed by atoms with van der Waals surface area (Å²) >= 11 is 1.83. The molecular weight excluding hydrogens is 432 g/mol. The van der Waals surface area contributed by atoms with E-state index in [0.717, 1.165) is 18.9 Å². The molecule has 5 aliphatic rings. The van der Waals surface area contributed by atoms with Gasteiger partial charge in [0.15, 0.2) is 0 Å². The van der Waals surface area contributed by atoms with Gasteiger partial charge in [-0.1, -0.05) is 65.8 Å². The molecule has 3 heteroatoms. The highest BCUT2D eigenvalue weighted by molar-refractivity contribution is 7.09. The first kappa shape index (κ1) is 22.5. The molecule has 0 spiro atoms. The summed E-state index contributed by atoms with van der Waals surface area (Å²) in [5.41, 5.74) is 6.99. The van der Waals surface area contributed by atoms with E-state index in [1.165, 1.54) is 56.2 Å². The largest absolute Gasteiger partial charge is 0.309 e. The van der Waals surface area contributed by atoms with Crippen LogP contribution in [0.4, 0.5) is 0 Å². The van der Waals surface area contributed by atoms with Crippen LogP contribution in [0.5, 0.6) is 0 Å². The Labute approximate surface area is 209 Å². The quantitative estimate of drug-likeness (QED) is 0.391. The van der Waals surface area contributed by atoms with E-state index in [1.807, 2.05) is 22.4 Å². The summed E-state index contributed by atoms with van der Waals surface area (Å²) in [4.78, 5) is 5.89. The second-order valence-electron chi connectivity index (χ2n) is 10.9. The Morgan fingerprint density at radius 2 is 2.03 bits per heavy atom. The Bertz CT molecular complexity index is 1030. The molecule has 0 aromatic carbocycles. The van der Waals surface area contributed by atoms with Crippen LogP contribution in [0.2, 0.25) is 0 Å². The third-order valence-electron chi connectivity index (χ3n) is 8.76. The van der Waals surface area contributed by atoms with Crippen LogP contribution in [0.15, 0.2) is 83.1 Å². The molecule has 0 radical (unpaired) electrons. The van der Waals surface area contributed by atoms with E-state index in [2.05, 4.69) is 71.2 Å². The van der Waals surface area contributed by atoms with E-state index < -0.39 is 0 Å². The van der Waals surface area contributed by atoms with Crippen molar-refractivity contribution in [3.63, 3.8) is 0 Å². The van der Waals surface area contributed by atoms with Gasteiger partial charge in [-0.25, -0.2) is 0 Å². The number of fused-ring (bicyclic) bond motifs is 1. The third kappa shape index (κ3) is 4.88. The Hall–Kier alpha value is -1.97. The first-order valence-electron chi connectivity index (χ1n) is 13.6. The number of allylic oxidation sites excluding steroid dienone is 11. The lowest BCUT2D eigenvalue weighted by Gasteiger charge is -2.42. The standard InChI is InChI=1S/C31H38N2S/c1-2-7-22(8-3-1)17-18-33-31(30-20-32-21-34-30)25-15-16-27(24-13-14-24)29(19-25)28-12-6-10-23-9-4-5-11-26(23)28/h1-2,4,6-7,9-10,12,16,20-21,24-26,28-29,31,33H,3,5,8,11,13-15,17-19H2. The summed E-state index contributed by atoms with van der Waals surface area (Å²) in [5.74, 6) is 3.60. The molecule has 5 aliphatic carbocycles. The van der Waals surface area contributed by atoms with Gasteiger partial charge in [0, 0.05) is 17.1 Å². The van der Waals surface area contributed by atoms with E-state index in [1.54, 1.807) is 11.1 Å². The first-order valence-corrected chi connectivity index (χ1v) is 14.5. The summed E-state index contributed by atoms with van der Waals surface area (Å²) in [5, 5.41) is 4.01. The monoisotopic (exact) mass is 470 g/mol. The van der Waals surface area contributed by atoms with Gasteiger partial charge in [-0.3, -0.25) is 4.98 Å². The van der Waals surface area contributed by atoms with Gasteiger partial charge < -0.3 is 5.32 Å². The van der Waals surface area contributed by atoms with Crippen molar-refractivity contribution in [1.82, 2.24) is 10.3 Å². The second kappa shape index (κ2) is 10.3. The first-order chi connectivity index (χ1) is 16.9. The molecule has 34 heavy (non-hydrogen) atoms. The van der Waals surface area contributed by atoms with Crippen LogP contribution in [-0.4, -0.2) is 11.5 Å². The Kier molecular flexibility index (Phi) is 6.84. The van der Waals surface area contributed by atoms with Gasteiger partial charge in [0.25, 0.3) is 0 Å². The van der Waals surface area contributed by atoms with Crippen molar-refractivity contribution in [3.8, 4) is 0 Å². The van der Waals surface area contributed by atoms with Crippen LogP contribution in [0.3, 0.4) is 0 Å². The molecule has 1 fully saturated rings. The predicted molar refractivity (Wildman–Crippen MR) is 144 cm³/mol. The molecule has 1 aromatic rings. The summed E-state index contributed by atoms with van der Waals surface area (Å²) < 4.78 is 0. The molecule has 178 valence electrons. The minimum Gasteiger partial charge on any atom is -0.309 e. The Morgan fingerprint density at radius 1 is 1.06 bits per heavy atom. The van der Waals surface area contributed by atoms with Crippen LogP contribution in [0.25, 0.3) is 0 Å². The normalized spacial score (nSPS) is 31.5. The maximum atomic E-state index is 4.47. The number of nitrogens with one attached hydrogen (secondary N) is 1. The van der Waals surface area contributed by atoms with Crippen LogP contribution in [0, 0.1) is 29.6 Å². The van der Waals surface area contributed by atoms with Crippen LogP contribution in [0.1, 0.15) is 68.7 Å². The van der Waals surface area contributed by atoms with Gasteiger partial charge in [-0.2, -0.15) is 0 Å². The lowest BCUT2D eigenvalue weighted by Crippen LogP contribution is -2.36. The molecule has 1 heterocycles. The number of hydrogen-bond donors (Lipinski definition) is 1. The fraction of sp³-hybridized carbons (Fsp3) is 0.516. The minimum atomic E-state index is 0.417. The summed E-state index contributed by atoms with van der Waals surface area (Å²) in [6.45, 7) is 1.06. The van der Waals surface area contributed by atoms with Crippen LogP contribution < -0.4 is 5.32 Å². The van der Waals surface area contributed by atoms with E-state index in [-0.39, 0.29) is 0 Å². The molecule has 5 unspecified atom stereocenters. The van der Waals surface area contributed by atoms with Crippen molar-refractivity contribution in [2.24, 2.45) is 29.6 Å². The fourth-order valence-corrected chi connectivity index (χ4v) is 7.67. The number of rotatable bonds is 8. The average Bonchev–Trinajstić information content (AvgIpc) is 3.60. The second-order valence-corrected chi connectivity index (χ2v) is 11.8.